The minimum atomic E-state index is -0.855. The fraction of sp³-hybridized carbons (Fsp3) is 0.333. The van der Waals surface area contributed by atoms with E-state index in [1.807, 2.05) is 0 Å². The van der Waals surface area contributed by atoms with Crippen molar-refractivity contribution in [2.45, 2.75) is 25.9 Å². The molecule has 1 rings (SSSR count). The van der Waals surface area contributed by atoms with E-state index in [2.05, 4.69) is 0 Å². The van der Waals surface area contributed by atoms with Crippen LogP contribution in [0.5, 0.6) is 5.75 Å². The van der Waals surface area contributed by atoms with Crippen LogP contribution < -0.4 is 10.5 Å². The lowest BCUT2D eigenvalue weighted by molar-refractivity contribution is -0.137. The van der Waals surface area contributed by atoms with Crippen LogP contribution in [-0.2, 0) is 4.79 Å². The van der Waals surface area contributed by atoms with Crippen molar-refractivity contribution in [3.05, 3.63) is 29.8 Å². The minimum absolute atomic E-state index is 0.0523. The molecule has 0 spiro atoms. The monoisotopic (exact) mass is 237 g/mol. The van der Waals surface area contributed by atoms with Crippen molar-refractivity contribution in [1.29, 1.82) is 0 Å². The van der Waals surface area contributed by atoms with E-state index in [1.54, 1.807) is 31.2 Å². The van der Waals surface area contributed by atoms with E-state index in [0.717, 1.165) is 0 Å². The molecule has 3 N–H and O–H groups in total. The first-order valence-electron chi connectivity index (χ1n) is 5.27. The Bertz CT molecular complexity index is 417. The van der Waals surface area contributed by atoms with Crippen molar-refractivity contribution in [2.75, 3.05) is 0 Å². The van der Waals surface area contributed by atoms with Crippen LogP contribution in [0.1, 0.15) is 30.1 Å². The quantitative estimate of drug-likeness (QED) is 0.782. The van der Waals surface area contributed by atoms with Crippen molar-refractivity contribution in [1.82, 2.24) is 0 Å². The highest BCUT2D eigenvalue weighted by molar-refractivity contribution is 5.93. The van der Waals surface area contributed by atoms with E-state index < -0.39 is 11.9 Å². The van der Waals surface area contributed by atoms with Crippen LogP contribution in [0.2, 0.25) is 0 Å². The lowest BCUT2D eigenvalue weighted by Gasteiger charge is -2.13. The highest BCUT2D eigenvalue weighted by Gasteiger charge is 2.08. The largest absolute Gasteiger partial charge is 0.491 e. The number of hydrogen-bond acceptors (Lipinski definition) is 3. The molecule has 0 aliphatic rings. The Labute approximate surface area is 99.2 Å². The average molecular weight is 237 g/mol. The summed E-state index contributed by atoms with van der Waals surface area (Å²) < 4.78 is 5.48. The molecule has 1 aromatic carbocycles. The molecule has 5 nitrogen and oxygen atoms in total. The van der Waals surface area contributed by atoms with Crippen molar-refractivity contribution >= 4 is 11.9 Å². The topological polar surface area (TPSA) is 89.6 Å². The fourth-order valence-electron chi connectivity index (χ4n) is 1.34. The summed E-state index contributed by atoms with van der Waals surface area (Å²) in [5, 5.41) is 8.53. The van der Waals surface area contributed by atoms with Crippen LogP contribution in [0.15, 0.2) is 24.3 Å². The van der Waals surface area contributed by atoms with Gasteiger partial charge in [0, 0.05) is 12.0 Å². The smallest absolute Gasteiger partial charge is 0.303 e. The second-order valence-electron chi connectivity index (χ2n) is 3.75. The van der Waals surface area contributed by atoms with Gasteiger partial charge in [-0.25, -0.2) is 0 Å². The highest BCUT2D eigenvalue weighted by atomic mass is 16.5. The molecule has 0 fully saturated rings. The zero-order valence-electron chi connectivity index (χ0n) is 9.55. The molecule has 0 saturated carbocycles. The number of carbonyl (C=O) groups excluding carboxylic acids is 1. The molecular weight excluding hydrogens is 222 g/mol. The first kappa shape index (κ1) is 13.0. The van der Waals surface area contributed by atoms with Gasteiger partial charge in [0.25, 0.3) is 0 Å². The second-order valence-corrected chi connectivity index (χ2v) is 3.75. The molecule has 1 aromatic rings. The second kappa shape index (κ2) is 5.89. The lowest BCUT2D eigenvalue weighted by atomic mass is 10.2. The Morgan fingerprint density at radius 1 is 1.47 bits per heavy atom. The number of rotatable bonds is 6. The third-order valence-corrected chi connectivity index (χ3v) is 2.22. The summed E-state index contributed by atoms with van der Waals surface area (Å²) in [6.07, 6.45) is 0.238. The van der Waals surface area contributed by atoms with Crippen molar-refractivity contribution in [3.8, 4) is 5.75 Å². The molecule has 0 heterocycles. The van der Waals surface area contributed by atoms with Gasteiger partial charge in [0.2, 0.25) is 5.91 Å². The van der Waals surface area contributed by atoms with Gasteiger partial charge in [-0.2, -0.15) is 0 Å². The van der Waals surface area contributed by atoms with E-state index in [-0.39, 0.29) is 12.5 Å². The highest BCUT2D eigenvalue weighted by Crippen LogP contribution is 2.16. The van der Waals surface area contributed by atoms with Gasteiger partial charge >= 0.3 is 5.97 Å². The molecule has 0 aliphatic heterocycles. The van der Waals surface area contributed by atoms with Crippen molar-refractivity contribution in [2.24, 2.45) is 5.73 Å². The number of carbonyl (C=O) groups is 2. The fourth-order valence-corrected chi connectivity index (χ4v) is 1.34. The lowest BCUT2D eigenvalue weighted by Crippen LogP contribution is -2.15. The van der Waals surface area contributed by atoms with Gasteiger partial charge in [-0.3, -0.25) is 9.59 Å². The van der Waals surface area contributed by atoms with Gasteiger partial charge in [-0.15, -0.1) is 0 Å². The molecule has 92 valence electrons. The number of amides is 1. The number of hydrogen-bond donors (Lipinski definition) is 2. The Balaban J connectivity index is 2.58. The number of benzene rings is 1. The maximum atomic E-state index is 10.9. The molecule has 0 bridgehead atoms. The van der Waals surface area contributed by atoms with Crippen molar-refractivity contribution in [3.63, 3.8) is 0 Å². The van der Waals surface area contributed by atoms with E-state index >= 15 is 0 Å². The molecule has 0 saturated heterocycles. The molecule has 0 radical (unpaired) electrons. The SMILES string of the molecule is CC(CCC(=O)O)Oc1cccc(C(N)=O)c1. The minimum Gasteiger partial charge on any atom is -0.491 e. The predicted octanol–water partition coefficient (Wildman–Crippen LogP) is 1.42. The van der Waals surface area contributed by atoms with E-state index in [1.165, 1.54) is 0 Å². The summed E-state index contributed by atoms with van der Waals surface area (Å²) in [7, 11) is 0. The third kappa shape index (κ3) is 4.55. The Kier molecular flexibility index (Phi) is 4.51. The van der Waals surface area contributed by atoms with Gasteiger partial charge < -0.3 is 15.6 Å². The normalized spacial score (nSPS) is 11.8. The molecule has 5 heteroatoms. The molecule has 1 atom stereocenters. The van der Waals surface area contributed by atoms with E-state index in [4.69, 9.17) is 15.6 Å². The molecule has 0 aromatic heterocycles. The number of nitrogens with two attached hydrogens (primary N) is 1. The number of aliphatic carboxylic acids is 1. The Morgan fingerprint density at radius 3 is 2.76 bits per heavy atom. The summed E-state index contributed by atoms with van der Waals surface area (Å²) in [5.41, 5.74) is 5.51. The van der Waals surface area contributed by atoms with Gasteiger partial charge in [0.15, 0.2) is 0 Å². The first-order valence-corrected chi connectivity index (χ1v) is 5.27. The van der Waals surface area contributed by atoms with E-state index in [0.29, 0.717) is 17.7 Å². The summed E-state index contributed by atoms with van der Waals surface area (Å²) in [4.78, 5) is 21.3. The zero-order valence-corrected chi connectivity index (χ0v) is 9.55. The van der Waals surface area contributed by atoms with Crippen LogP contribution in [0.3, 0.4) is 0 Å². The number of carboxylic acid groups (broad SMARTS) is 1. The molecule has 1 unspecified atom stereocenters. The predicted molar refractivity (Wildman–Crippen MR) is 61.9 cm³/mol. The van der Waals surface area contributed by atoms with Crippen LogP contribution in [0.4, 0.5) is 0 Å². The summed E-state index contributed by atoms with van der Waals surface area (Å²) in [5.74, 6) is -0.862. The van der Waals surface area contributed by atoms with Crippen molar-refractivity contribution < 1.29 is 19.4 Å². The zero-order chi connectivity index (χ0) is 12.8. The molecule has 1 amide bonds. The molecule has 17 heavy (non-hydrogen) atoms. The standard InChI is InChI=1S/C12H15NO4/c1-8(5-6-11(14)15)17-10-4-2-3-9(7-10)12(13)16/h2-4,7-8H,5-6H2,1H3,(H2,13,16)(H,14,15). The van der Waals surface area contributed by atoms with Crippen LogP contribution >= 0.6 is 0 Å². The van der Waals surface area contributed by atoms with Crippen LogP contribution in [0, 0.1) is 0 Å². The molecule has 0 aliphatic carbocycles. The van der Waals surface area contributed by atoms with Gasteiger partial charge in [0.05, 0.1) is 6.10 Å². The maximum absolute atomic E-state index is 10.9. The Hall–Kier alpha value is -2.04. The Morgan fingerprint density at radius 2 is 2.18 bits per heavy atom. The number of primary amides is 1. The first-order chi connectivity index (χ1) is 7.99. The van der Waals surface area contributed by atoms with Gasteiger partial charge in [-0.05, 0) is 31.5 Å². The third-order valence-electron chi connectivity index (χ3n) is 2.22. The summed E-state index contributed by atoms with van der Waals surface area (Å²) >= 11 is 0. The van der Waals surface area contributed by atoms with Crippen LogP contribution in [0.25, 0.3) is 0 Å². The van der Waals surface area contributed by atoms with Crippen LogP contribution in [-0.4, -0.2) is 23.1 Å². The molecular formula is C12H15NO4. The average Bonchev–Trinajstić information content (AvgIpc) is 2.26. The maximum Gasteiger partial charge on any atom is 0.303 e. The number of carboxylic acids is 1. The van der Waals surface area contributed by atoms with Gasteiger partial charge in [0.1, 0.15) is 5.75 Å². The number of ether oxygens (including phenoxy) is 1. The summed E-state index contributed by atoms with van der Waals surface area (Å²) in [6.45, 7) is 1.78. The van der Waals surface area contributed by atoms with Gasteiger partial charge in [-0.1, -0.05) is 6.07 Å². The summed E-state index contributed by atoms with van der Waals surface area (Å²) in [6, 6.07) is 6.50. The van der Waals surface area contributed by atoms with E-state index in [9.17, 15) is 9.59 Å².